The molecular formula is C18H18Cl2N2O. The highest BCUT2D eigenvalue weighted by Crippen LogP contribution is 2.27. The summed E-state index contributed by atoms with van der Waals surface area (Å²) >= 11 is 11.9. The van der Waals surface area contributed by atoms with Crippen LogP contribution in [0.15, 0.2) is 42.5 Å². The maximum Gasteiger partial charge on any atom is 0.228 e. The van der Waals surface area contributed by atoms with Crippen molar-refractivity contribution in [2.24, 2.45) is 0 Å². The first-order chi connectivity index (χ1) is 11.1. The van der Waals surface area contributed by atoms with E-state index in [9.17, 15) is 4.79 Å². The summed E-state index contributed by atoms with van der Waals surface area (Å²) in [6, 6.07) is 13.4. The van der Waals surface area contributed by atoms with Crippen molar-refractivity contribution in [3.63, 3.8) is 0 Å². The molecule has 0 spiro atoms. The van der Waals surface area contributed by atoms with Crippen molar-refractivity contribution >= 4 is 40.5 Å². The van der Waals surface area contributed by atoms with Gasteiger partial charge in [-0.15, -0.1) is 0 Å². The molecule has 120 valence electrons. The van der Waals surface area contributed by atoms with Crippen molar-refractivity contribution in [1.82, 2.24) is 0 Å². The number of nitrogens with one attached hydrogen (secondary N) is 1. The number of fused-ring (bicyclic) bond motifs is 1. The van der Waals surface area contributed by atoms with E-state index >= 15 is 0 Å². The zero-order valence-electron chi connectivity index (χ0n) is 12.7. The minimum atomic E-state index is 0.137. The number of halogens is 2. The quantitative estimate of drug-likeness (QED) is 0.862. The Balaban J connectivity index is 1.60. The van der Waals surface area contributed by atoms with E-state index in [2.05, 4.69) is 11.4 Å². The van der Waals surface area contributed by atoms with E-state index in [0.717, 1.165) is 30.8 Å². The molecule has 1 aliphatic rings. The molecule has 1 amide bonds. The second kappa shape index (κ2) is 7.24. The lowest BCUT2D eigenvalue weighted by Crippen LogP contribution is -2.36. The molecule has 3 nitrogen and oxygen atoms in total. The van der Waals surface area contributed by atoms with E-state index in [-0.39, 0.29) is 5.91 Å². The summed E-state index contributed by atoms with van der Waals surface area (Å²) in [4.78, 5) is 14.4. The highest BCUT2D eigenvalue weighted by atomic mass is 35.5. The first kappa shape index (κ1) is 16.2. The SMILES string of the molecule is O=C(CCNc1cc(Cl)cc(Cl)c1)N1CCCc2ccccc21. The van der Waals surface area contributed by atoms with Gasteiger partial charge in [0, 0.05) is 40.9 Å². The summed E-state index contributed by atoms with van der Waals surface area (Å²) in [5.41, 5.74) is 3.13. The Labute approximate surface area is 146 Å². The van der Waals surface area contributed by atoms with Gasteiger partial charge in [-0.05, 0) is 42.7 Å². The summed E-state index contributed by atoms with van der Waals surface area (Å²) in [5.74, 6) is 0.137. The fraction of sp³-hybridized carbons (Fsp3) is 0.278. The fourth-order valence-corrected chi connectivity index (χ4v) is 3.42. The molecule has 0 unspecified atom stereocenters. The Kier molecular flexibility index (Phi) is 5.09. The predicted molar refractivity (Wildman–Crippen MR) is 96.7 cm³/mol. The van der Waals surface area contributed by atoms with Gasteiger partial charge in [-0.2, -0.15) is 0 Å². The highest BCUT2D eigenvalue weighted by Gasteiger charge is 2.21. The van der Waals surface area contributed by atoms with E-state index in [1.165, 1.54) is 5.56 Å². The number of anilines is 2. The van der Waals surface area contributed by atoms with Crippen molar-refractivity contribution in [2.45, 2.75) is 19.3 Å². The van der Waals surface area contributed by atoms with Gasteiger partial charge in [0.25, 0.3) is 0 Å². The summed E-state index contributed by atoms with van der Waals surface area (Å²) in [5, 5.41) is 4.36. The van der Waals surface area contributed by atoms with Crippen LogP contribution in [-0.4, -0.2) is 19.0 Å². The summed E-state index contributed by atoms with van der Waals surface area (Å²) in [6.45, 7) is 1.34. The lowest BCUT2D eigenvalue weighted by molar-refractivity contribution is -0.118. The van der Waals surface area contributed by atoms with Crippen LogP contribution >= 0.6 is 23.2 Å². The van der Waals surface area contributed by atoms with E-state index in [1.54, 1.807) is 18.2 Å². The molecular weight excluding hydrogens is 331 g/mol. The molecule has 2 aromatic rings. The third-order valence-corrected chi connectivity index (χ3v) is 4.38. The number of aryl methyl sites for hydroxylation is 1. The van der Waals surface area contributed by atoms with Gasteiger partial charge in [0.2, 0.25) is 5.91 Å². The number of hydrogen-bond donors (Lipinski definition) is 1. The number of benzene rings is 2. The van der Waals surface area contributed by atoms with Crippen LogP contribution in [0.3, 0.4) is 0 Å². The molecule has 1 aliphatic heterocycles. The summed E-state index contributed by atoms with van der Waals surface area (Å²) < 4.78 is 0. The average Bonchev–Trinajstić information content (AvgIpc) is 2.53. The van der Waals surface area contributed by atoms with Crippen molar-refractivity contribution in [3.8, 4) is 0 Å². The van der Waals surface area contributed by atoms with Crippen molar-refractivity contribution < 1.29 is 4.79 Å². The van der Waals surface area contributed by atoms with E-state index < -0.39 is 0 Å². The van der Waals surface area contributed by atoms with Gasteiger partial charge in [0.05, 0.1) is 0 Å². The number of rotatable bonds is 4. The zero-order valence-corrected chi connectivity index (χ0v) is 14.2. The van der Waals surface area contributed by atoms with Crippen LogP contribution < -0.4 is 10.2 Å². The van der Waals surface area contributed by atoms with Crippen molar-refractivity contribution in [2.75, 3.05) is 23.3 Å². The minimum absolute atomic E-state index is 0.137. The molecule has 1 N–H and O–H groups in total. The number of carbonyl (C=O) groups excluding carboxylic acids is 1. The van der Waals surface area contributed by atoms with Crippen molar-refractivity contribution in [3.05, 3.63) is 58.1 Å². The molecule has 23 heavy (non-hydrogen) atoms. The number of carbonyl (C=O) groups is 1. The van der Waals surface area contributed by atoms with Gasteiger partial charge < -0.3 is 10.2 Å². The molecule has 0 aliphatic carbocycles. The molecule has 0 bridgehead atoms. The topological polar surface area (TPSA) is 32.3 Å². The van der Waals surface area contributed by atoms with Crippen LogP contribution in [0, 0.1) is 0 Å². The molecule has 0 atom stereocenters. The number of nitrogens with zero attached hydrogens (tertiary/aromatic N) is 1. The maximum atomic E-state index is 12.5. The second-order valence-corrected chi connectivity index (χ2v) is 6.49. The molecule has 3 rings (SSSR count). The molecule has 5 heteroatoms. The Morgan fingerprint density at radius 1 is 1.13 bits per heavy atom. The number of hydrogen-bond acceptors (Lipinski definition) is 2. The van der Waals surface area contributed by atoms with Crippen LogP contribution in [0.1, 0.15) is 18.4 Å². The Morgan fingerprint density at radius 2 is 1.87 bits per heavy atom. The largest absolute Gasteiger partial charge is 0.384 e. The van der Waals surface area contributed by atoms with Gasteiger partial charge in [0.15, 0.2) is 0 Å². The summed E-state index contributed by atoms with van der Waals surface area (Å²) in [7, 11) is 0. The smallest absolute Gasteiger partial charge is 0.228 e. The molecule has 0 fully saturated rings. The Bertz CT molecular complexity index is 698. The molecule has 0 aromatic heterocycles. The molecule has 0 saturated carbocycles. The fourth-order valence-electron chi connectivity index (χ4n) is 2.90. The van der Waals surface area contributed by atoms with Gasteiger partial charge in [-0.3, -0.25) is 4.79 Å². The normalized spacial score (nSPS) is 13.6. The standard InChI is InChI=1S/C18H18Cl2N2O/c19-14-10-15(20)12-16(11-14)21-8-7-18(23)22-9-3-5-13-4-1-2-6-17(13)22/h1-2,4,6,10-12,21H,3,5,7-9H2. The molecule has 2 aromatic carbocycles. The monoisotopic (exact) mass is 348 g/mol. The van der Waals surface area contributed by atoms with Crippen LogP contribution in [0.4, 0.5) is 11.4 Å². The first-order valence-corrected chi connectivity index (χ1v) is 8.47. The molecule has 0 radical (unpaired) electrons. The maximum absolute atomic E-state index is 12.5. The molecule has 1 heterocycles. The highest BCUT2D eigenvalue weighted by molar-refractivity contribution is 6.35. The zero-order chi connectivity index (χ0) is 16.2. The average molecular weight is 349 g/mol. The van der Waals surface area contributed by atoms with E-state index in [4.69, 9.17) is 23.2 Å². The lowest BCUT2D eigenvalue weighted by Gasteiger charge is -2.29. The van der Waals surface area contributed by atoms with Gasteiger partial charge in [0.1, 0.15) is 0 Å². The lowest BCUT2D eigenvalue weighted by atomic mass is 10.0. The summed E-state index contributed by atoms with van der Waals surface area (Å²) in [6.07, 6.45) is 2.48. The second-order valence-electron chi connectivity index (χ2n) is 5.61. The van der Waals surface area contributed by atoms with Gasteiger partial charge in [-0.1, -0.05) is 41.4 Å². The Morgan fingerprint density at radius 3 is 2.65 bits per heavy atom. The first-order valence-electron chi connectivity index (χ1n) is 7.72. The van der Waals surface area contributed by atoms with Crippen LogP contribution in [0.25, 0.3) is 0 Å². The van der Waals surface area contributed by atoms with Gasteiger partial charge in [-0.25, -0.2) is 0 Å². The van der Waals surface area contributed by atoms with E-state index in [0.29, 0.717) is 23.0 Å². The van der Waals surface area contributed by atoms with Crippen LogP contribution in [0.2, 0.25) is 10.0 Å². The third-order valence-electron chi connectivity index (χ3n) is 3.94. The van der Waals surface area contributed by atoms with Gasteiger partial charge >= 0.3 is 0 Å². The Hall–Kier alpha value is -1.71. The number of amides is 1. The van der Waals surface area contributed by atoms with Crippen molar-refractivity contribution in [1.29, 1.82) is 0 Å². The minimum Gasteiger partial charge on any atom is -0.384 e. The van der Waals surface area contributed by atoms with Crippen LogP contribution in [-0.2, 0) is 11.2 Å². The van der Waals surface area contributed by atoms with E-state index in [1.807, 2.05) is 23.1 Å². The number of para-hydroxylation sites is 1. The molecule has 0 saturated heterocycles. The van der Waals surface area contributed by atoms with Crippen LogP contribution in [0.5, 0.6) is 0 Å². The third kappa shape index (κ3) is 3.98. The predicted octanol–water partition coefficient (Wildman–Crippen LogP) is 4.77.